The Balaban J connectivity index is 1.44. The second-order valence-electron chi connectivity index (χ2n) is 8.41. The number of thiazole rings is 1. The number of hydrogen-bond acceptors (Lipinski definition) is 9. The van der Waals surface area contributed by atoms with Crippen molar-refractivity contribution in [1.29, 1.82) is 0 Å². The number of rotatable bonds is 9. The Kier molecular flexibility index (Phi) is 7.42. The van der Waals surface area contributed by atoms with Gasteiger partial charge in [-0.2, -0.15) is 0 Å². The van der Waals surface area contributed by atoms with Gasteiger partial charge in [-0.05, 0) is 43.7 Å². The van der Waals surface area contributed by atoms with Gasteiger partial charge in [-0.25, -0.2) is 4.98 Å². The number of amides is 1. The van der Waals surface area contributed by atoms with Crippen molar-refractivity contribution in [1.82, 2.24) is 9.88 Å². The van der Waals surface area contributed by atoms with Crippen LogP contribution in [0.1, 0.15) is 23.0 Å². The molecule has 36 heavy (non-hydrogen) atoms. The third kappa shape index (κ3) is 5.34. The molecule has 0 unspecified atom stereocenters. The zero-order valence-corrected chi connectivity index (χ0v) is 21.5. The number of carbonyl (C=O) groups excluding carboxylic acids is 1. The summed E-state index contributed by atoms with van der Waals surface area (Å²) < 4.78 is 12.9. The average molecular weight is 527 g/mol. The van der Waals surface area contributed by atoms with Gasteiger partial charge in [0.15, 0.2) is 5.13 Å². The topological polar surface area (TPSA) is 98.0 Å². The second kappa shape index (κ2) is 10.9. The van der Waals surface area contributed by atoms with Crippen LogP contribution >= 0.6 is 22.7 Å². The van der Waals surface area contributed by atoms with Gasteiger partial charge in [0, 0.05) is 48.4 Å². The van der Waals surface area contributed by atoms with Crippen LogP contribution in [0.5, 0.6) is 5.75 Å². The lowest BCUT2D eigenvalue weighted by Crippen LogP contribution is -2.39. The monoisotopic (exact) mass is 526 g/mol. The number of benzene rings is 2. The summed E-state index contributed by atoms with van der Waals surface area (Å²) in [7, 11) is 0. The molecule has 9 nitrogen and oxygen atoms in total. The van der Waals surface area contributed by atoms with Crippen LogP contribution in [-0.4, -0.2) is 66.7 Å². The third-order valence-electron chi connectivity index (χ3n) is 6.02. The quantitative estimate of drug-likeness (QED) is 0.219. The van der Waals surface area contributed by atoms with Crippen LogP contribution in [0.2, 0.25) is 0 Å². The maximum atomic E-state index is 13.8. The number of fused-ring (bicyclic) bond motifs is 2. The van der Waals surface area contributed by atoms with Crippen LogP contribution in [-0.2, 0) is 4.74 Å². The summed E-state index contributed by atoms with van der Waals surface area (Å²) in [5.41, 5.74) is 0.828. The minimum Gasteiger partial charge on any atom is -0.494 e. The fraction of sp³-hybridized carbons (Fsp3) is 0.360. The Hall–Kier alpha value is -3.12. The summed E-state index contributed by atoms with van der Waals surface area (Å²) in [4.78, 5) is 33.9. The molecule has 0 N–H and O–H groups in total. The normalized spacial score (nSPS) is 14.4. The first kappa shape index (κ1) is 24.6. The van der Waals surface area contributed by atoms with Gasteiger partial charge < -0.3 is 9.47 Å². The maximum Gasteiger partial charge on any atom is 0.270 e. The molecule has 4 aromatic rings. The number of thiophene rings is 1. The van der Waals surface area contributed by atoms with E-state index in [-0.39, 0.29) is 11.6 Å². The van der Waals surface area contributed by atoms with Crippen molar-refractivity contribution in [2.45, 2.75) is 13.3 Å². The number of aromatic nitrogens is 1. The highest BCUT2D eigenvalue weighted by molar-refractivity contribution is 7.23. The van der Waals surface area contributed by atoms with E-state index >= 15 is 0 Å². The summed E-state index contributed by atoms with van der Waals surface area (Å²) in [6.45, 7) is 7.15. The molecule has 0 aliphatic carbocycles. The molecular weight excluding hydrogens is 500 g/mol. The van der Waals surface area contributed by atoms with Gasteiger partial charge in [0.2, 0.25) is 0 Å². The summed E-state index contributed by atoms with van der Waals surface area (Å²) in [5, 5.41) is 12.5. The van der Waals surface area contributed by atoms with Gasteiger partial charge >= 0.3 is 0 Å². The van der Waals surface area contributed by atoms with E-state index in [9.17, 15) is 14.9 Å². The highest BCUT2D eigenvalue weighted by atomic mass is 32.1. The highest BCUT2D eigenvalue weighted by Crippen LogP contribution is 2.35. The summed E-state index contributed by atoms with van der Waals surface area (Å²) in [6.07, 6.45) is 0.794. The van der Waals surface area contributed by atoms with Crippen LogP contribution in [0.4, 0.5) is 10.8 Å². The molecule has 3 heterocycles. The smallest absolute Gasteiger partial charge is 0.270 e. The van der Waals surface area contributed by atoms with Gasteiger partial charge in [-0.3, -0.25) is 24.7 Å². The van der Waals surface area contributed by atoms with E-state index in [4.69, 9.17) is 14.5 Å². The van der Waals surface area contributed by atoms with Crippen LogP contribution in [0.25, 0.3) is 20.3 Å². The minimum absolute atomic E-state index is 0.0120. The molecule has 0 saturated carbocycles. The van der Waals surface area contributed by atoms with Crippen molar-refractivity contribution in [2.75, 3.05) is 50.9 Å². The molecular formula is C25H26N4O5S2. The first-order valence-electron chi connectivity index (χ1n) is 11.8. The van der Waals surface area contributed by atoms with Crippen molar-refractivity contribution >= 4 is 59.7 Å². The Morgan fingerprint density at radius 3 is 2.78 bits per heavy atom. The number of morpholine rings is 1. The molecule has 0 spiro atoms. The standard InChI is InChI=1S/C25H26N4O5S2/c1-2-34-19-5-6-20-22(16-19)36-25(26-20)28(9-3-8-27-10-12-33-13-11-27)24(30)23-15-17-14-18(29(31)32)4-7-21(17)35-23/h4-7,14-16H,2-3,8-13H2,1H3. The minimum atomic E-state index is -0.422. The summed E-state index contributed by atoms with van der Waals surface area (Å²) in [6, 6.07) is 12.2. The largest absolute Gasteiger partial charge is 0.494 e. The van der Waals surface area contributed by atoms with Crippen LogP contribution in [0, 0.1) is 10.1 Å². The maximum absolute atomic E-state index is 13.8. The number of non-ortho nitro benzene ring substituents is 1. The van der Waals surface area contributed by atoms with Crippen molar-refractivity contribution in [3.63, 3.8) is 0 Å². The zero-order valence-electron chi connectivity index (χ0n) is 19.8. The number of nitro benzene ring substituents is 1. The summed E-state index contributed by atoms with van der Waals surface area (Å²) >= 11 is 2.81. The van der Waals surface area contributed by atoms with E-state index in [1.165, 1.54) is 34.8 Å². The number of anilines is 1. The van der Waals surface area contributed by atoms with E-state index in [0.29, 0.717) is 28.5 Å². The molecule has 1 fully saturated rings. The van der Waals surface area contributed by atoms with E-state index in [0.717, 1.165) is 59.9 Å². The van der Waals surface area contributed by atoms with E-state index in [1.807, 2.05) is 25.1 Å². The number of nitrogens with zero attached hydrogens (tertiary/aromatic N) is 4. The number of ether oxygens (including phenoxy) is 2. The third-order valence-corrected chi connectivity index (χ3v) is 8.16. The van der Waals surface area contributed by atoms with Crippen molar-refractivity contribution < 1.29 is 19.2 Å². The lowest BCUT2D eigenvalue weighted by Gasteiger charge is -2.27. The molecule has 1 aliphatic heterocycles. The summed E-state index contributed by atoms with van der Waals surface area (Å²) in [5.74, 6) is 0.626. The molecule has 1 saturated heterocycles. The SMILES string of the molecule is CCOc1ccc2nc(N(CCCN3CCOCC3)C(=O)c3cc4cc([N+](=O)[O-])ccc4s3)sc2c1. The lowest BCUT2D eigenvalue weighted by molar-refractivity contribution is -0.384. The van der Waals surface area contributed by atoms with Gasteiger partial charge in [-0.1, -0.05) is 11.3 Å². The lowest BCUT2D eigenvalue weighted by atomic mass is 10.2. The second-order valence-corrected chi connectivity index (χ2v) is 10.5. The van der Waals surface area contributed by atoms with Gasteiger partial charge in [-0.15, -0.1) is 11.3 Å². The van der Waals surface area contributed by atoms with Crippen molar-refractivity contribution in [3.8, 4) is 5.75 Å². The Morgan fingerprint density at radius 2 is 2.00 bits per heavy atom. The van der Waals surface area contributed by atoms with E-state index in [2.05, 4.69) is 4.90 Å². The molecule has 0 bridgehead atoms. The first-order valence-corrected chi connectivity index (χ1v) is 13.5. The fourth-order valence-electron chi connectivity index (χ4n) is 4.21. The highest BCUT2D eigenvalue weighted by Gasteiger charge is 2.24. The van der Waals surface area contributed by atoms with E-state index < -0.39 is 4.92 Å². The Bertz CT molecular complexity index is 1400. The predicted molar refractivity (Wildman–Crippen MR) is 143 cm³/mol. The molecule has 1 amide bonds. The number of hydrogen-bond donors (Lipinski definition) is 0. The molecule has 0 radical (unpaired) electrons. The molecule has 0 atom stereocenters. The molecule has 2 aromatic carbocycles. The van der Waals surface area contributed by atoms with Crippen LogP contribution < -0.4 is 9.64 Å². The van der Waals surface area contributed by atoms with Gasteiger partial charge in [0.05, 0.1) is 39.8 Å². The van der Waals surface area contributed by atoms with Gasteiger partial charge in [0.25, 0.3) is 11.6 Å². The molecule has 188 valence electrons. The predicted octanol–water partition coefficient (Wildman–Crippen LogP) is 5.19. The Morgan fingerprint density at radius 1 is 1.17 bits per heavy atom. The van der Waals surface area contributed by atoms with Crippen LogP contribution in [0.15, 0.2) is 42.5 Å². The number of carbonyl (C=O) groups is 1. The van der Waals surface area contributed by atoms with Gasteiger partial charge in [0.1, 0.15) is 5.75 Å². The Labute approximate surface area is 216 Å². The average Bonchev–Trinajstić information content (AvgIpc) is 3.50. The van der Waals surface area contributed by atoms with Crippen molar-refractivity contribution in [2.24, 2.45) is 0 Å². The molecule has 1 aliphatic rings. The molecule has 2 aromatic heterocycles. The first-order chi connectivity index (χ1) is 17.5. The van der Waals surface area contributed by atoms with Crippen LogP contribution in [0.3, 0.4) is 0 Å². The molecule has 11 heteroatoms. The van der Waals surface area contributed by atoms with Crippen molar-refractivity contribution in [3.05, 3.63) is 57.5 Å². The number of nitro groups is 1. The molecule has 5 rings (SSSR count). The fourth-order valence-corrected chi connectivity index (χ4v) is 6.22. The zero-order chi connectivity index (χ0) is 25.1. The van der Waals surface area contributed by atoms with E-state index in [1.54, 1.807) is 17.0 Å².